The Morgan fingerprint density at radius 2 is 1.00 bits per heavy atom. The standard InChI is InChI=1S/C50H62N8O6/c1-27(2)41(55-47(61)63-5)43(59)57-25-29-17-19-49(57,21-29)45-51-23-39(53-45)37-15-13-35(31-9-7-11-33(31)37)36-14-16-38(34-12-8-10-32(34)36)40-24-52-46(54-40)50-20-18-30(22-50)26-58(50)44(60)42(28(3)4)56-48(62)64-6/h13-16,23-24,27-30,41-42H,7-12,17-22,25-26H2,1-6H3,(H,51,53)(H,52,54)(H,55,61)(H,56,62)/t29-,30-,41+,42+,49+,50+/m1/s1. The highest BCUT2D eigenvalue weighted by atomic mass is 16.5. The van der Waals surface area contributed by atoms with E-state index in [0.29, 0.717) is 24.9 Å². The Morgan fingerprint density at radius 3 is 1.36 bits per heavy atom. The van der Waals surface area contributed by atoms with Crippen molar-refractivity contribution in [1.29, 1.82) is 0 Å². The van der Waals surface area contributed by atoms with Gasteiger partial charge >= 0.3 is 12.2 Å². The summed E-state index contributed by atoms with van der Waals surface area (Å²) in [5.41, 5.74) is 11.2. The number of piperidine rings is 2. The molecule has 338 valence electrons. The number of nitrogens with zero attached hydrogens (tertiary/aromatic N) is 4. The maximum Gasteiger partial charge on any atom is 0.407 e. The Kier molecular flexibility index (Phi) is 10.6. The number of benzene rings is 2. The van der Waals surface area contributed by atoms with E-state index in [0.717, 1.165) is 111 Å². The predicted molar refractivity (Wildman–Crippen MR) is 241 cm³/mol. The number of aromatic nitrogens is 4. The summed E-state index contributed by atoms with van der Waals surface area (Å²) < 4.78 is 9.75. The number of likely N-dealkylation sites (tertiary alicyclic amines) is 2. The molecule has 0 unspecified atom stereocenters. The van der Waals surface area contributed by atoms with Crippen LogP contribution in [-0.2, 0) is 55.8 Å². The summed E-state index contributed by atoms with van der Waals surface area (Å²) in [4.78, 5) is 74.5. The minimum atomic E-state index is -0.682. The van der Waals surface area contributed by atoms with Crippen LogP contribution in [-0.4, -0.2) is 93.1 Å². The second kappa shape index (κ2) is 16.1. The molecule has 2 saturated carbocycles. The summed E-state index contributed by atoms with van der Waals surface area (Å²) in [6, 6.07) is 7.75. The van der Waals surface area contributed by atoms with Crippen LogP contribution in [0.15, 0.2) is 36.7 Å². The molecule has 2 aromatic heterocycles. The summed E-state index contributed by atoms with van der Waals surface area (Å²) in [5.74, 6) is 2.10. The number of aromatic amines is 2. The van der Waals surface area contributed by atoms with Crippen molar-refractivity contribution in [2.75, 3.05) is 27.3 Å². The number of fused-ring (bicyclic) bond motifs is 6. The van der Waals surface area contributed by atoms with Crippen molar-refractivity contribution in [3.8, 4) is 33.6 Å². The van der Waals surface area contributed by atoms with E-state index in [1.54, 1.807) is 0 Å². The van der Waals surface area contributed by atoms with Crippen LogP contribution in [0.3, 0.4) is 0 Å². The summed E-state index contributed by atoms with van der Waals surface area (Å²) in [6.07, 6.45) is 14.5. The Morgan fingerprint density at radius 1 is 0.625 bits per heavy atom. The molecule has 4 bridgehead atoms. The van der Waals surface area contributed by atoms with Crippen molar-refractivity contribution in [2.45, 2.75) is 128 Å². The van der Waals surface area contributed by atoms with Crippen LogP contribution in [0.1, 0.15) is 113 Å². The van der Waals surface area contributed by atoms with Gasteiger partial charge in [0.2, 0.25) is 11.8 Å². The zero-order valence-electron chi connectivity index (χ0n) is 38.1. The molecular weight excluding hydrogens is 809 g/mol. The van der Waals surface area contributed by atoms with E-state index in [9.17, 15) is 19.2 Å². The van der Waals surface area contributed by atoms with Gasteiger partial charge in [-0.25, -0.2) is 19.6 Å². The number of rotatable bonds is 11. The third-order valence-corrected chi connectivity index (χ3v) is 15.9. The molecule has 4 amide bonds. The molecule has 2 saturated heterocycles. The van der Waals surface area contributed by atoms with Crippen LogP contribution in [0, 0.1) is 23.7 Å². The molecule has 14 heteroatoms. The first-order valence-electron chi connectivity index (χ1n) is 23.6. The molecule has 6 atom stereocenters. The Labute approximate surface area is 375 Å². The first kappa shape index (κ1) is 42.3. The first-order chi connectivity index (χ1) is 30.8. The van der Waals surface area contributed by atoms with E-state index >= 15 is 0 Å². The van der Waals surface area contributed by atoms with Crippen LogP contribution < -0.4 is 10.6 Å². The predicted octanol–water partition coefficient (Wildman–Crippen LogP) is 7.55. The highest BCUT2D eigenvalue weighted by Gasteiger charge is 2.58. The van der Waals surface area contributed by atoms with Crippen molar-refractivity contribution >= 4 is 24.0 Å². The van der Waals surface area contributed by atoms with Crippen molar-refractivity contribution in [1.82, 2.24) is 40.4 Å². The smallest absolute Gasteiger partial charge is 0.407 e. The van der Waals surface area contributed by atoms with Gasteiger partial charge in [0.15, 0.2) is 0 Å². The molecule has 4 aliphatic carbocycles. The van der Waals surface area contributed by atoms with Gasteiger partial charge in [-0.15, -0.1) is 0 Å². The van der Waals surface area contributed by atoms with Crippen molar-refractivity contribution in [3.63, 3.8) is 0 Å². The van der Waals surface area contributed by atoms with Crippen LogP contribution in [0.2, 0.25) is 0 Å². The number of H-pyrrole nitrogens is 2. The molecule has 4 fully saturated rings. The molecule has 2 aromatic carbocycles. The molecule has 4 aromatic rings. The summed E-state index contributed by atoms with van der Waals surface area (Å²) in [7, 11) is 2.64. The molecule has 0 radical (unpaired) electrons. The highest BCUT2D eigenvalue weighted by Crippen LogP contribution is 2.54. The van der Waals surface area contributed by atoms with E-state index in [1.165, 1.54) is 47.6 Å². The zero-order valence-corrected chi connectivity index (χ0v) is 38.1. The maximum atomic E-state index is 14.2. The van der Waals surface area contributed by atoms with E-state index in [-0.39, 0.29) is 23.7 Å². The molecule has 4 heterocycles. The SMILES string of the molecule is COC(=O)N[C@H](C(=O)N1C[C@@H]2CC[C@@]1(c1nc(-c3ccc(-c4ccc(-c5c[nH]c([C@@]67CC[C@@H](CN6C(=O)[C@@H](NC(=O)OC)C(C)C)C7)n5)c5c4CCC5)c4c3CCC4)c[nH]1)C2)C(C)C. The van der Waals surface area contributed by atoms with Gasteiger partial charge in [0.05, 0.1) is 25.6 Å². The fourth-order valence-electron chi connectivity index (χ4n) is 12.7. The number of carbonyl (C=O) groups excluding carboxylic acids is 4. The average Bonchev–Trinajstić information content (AvgIpc) is 4.15. The van der Waals surface area contributed by atoms with Crippen LogP contribution in [0.4, 0.5) is 9.59 Å². The normalized spacial score (nSPS) is 24.9. The van der Waals surface area contributed by atoms with Gasteiger partial charge in [0.25, 0.3) is 0 Å². The second-order valence-electron chi connectivity index (χ2n) is 20.1. The van der Waals surface area contributed by atoms with Crippen LogP contribution >= 0.6 is 0 Å². The fraction of sp³-hybridized carbons (Fsp3) is 0.560. The number of nitrogens with one attached hydrogen (secondary N) is 4. The number of imidazole rings is 2. The van der Waals surface area contributed by atoms with E-state index in [4.69, 9.17) is 19.4 Å². The lowest BCUT2D eigenvalue weighted by molar-refractivity contribution is -0.141. The number of carbonyl (C=O) groups is 4. The van der Waals surface area contributed by atoms with E-state index in [1.807, 2.05) is 49.9 Å². The summed E-state index contributed by atoms with van der Waals surface area (Å²) in [6.45, 7) is 9.11. The lowest BCUT2D eigenvalue weighted by Gasteiger charge is -2.40. The van der Waals surface area contributed by atoms with E-state index in [2.05, 4.69) is 44.9 Å². The monoisotopic (exact) mass is 870 g/mol. The Hall–Kier alpha value is -5.66. The van der Waals surface area contributed by atoms with Gasteiger partial charge < -0.3 is 39.9 Å². The summed E-state index contributed by atoms with van der Waals surface area (Å²) >= 11 is 0. The number of amides is 4. The molecule has 14 nitrogen and oxygen atoms in total. The van der Waals surface area contributed by atoms with Gasteiger partial charge in [-0.2, -0.15) is 0 Å². The average molecular weight is 871 g/mol. The third kappa shape index (κ3) is 6.71. The largest absolute Gasteiger partial charge is 0.453 e. The number of methoxy groups -OCH3 is 2. The molecule has 10 rings (SSSR count). The topological polar surface area (TPSA) is 175 Å². The Balaban J connectivity index is 0.932. The number of alkyl carbamates (subject to hydrolysis) is 2. The van der Waals surface area contributed by atoms with Gasteiger partial charge in [0.1, 0.15) is 34.8 Å². The molecule has 6 aliphatic rings. The van der Waals surface area contributed by atoms with Crippen molar-refractivity contribution in [2.24, 2.45) is 23.7 Å². The fourth-order valence-corrected chi connectivity index (χ4v) is 12.7. The molecule has 0 spiro atoms. The highest BCUT2D eigenvalue weighted by molar-refractivity contribution is 5.88. The quantitative estimate of drug-likeness (QED) is 0.120. The molecular formula is C50H62N8O6. The third-order valence-electron chi connectivity index (χ3n) is 15.9. The van der Waals surface area contributed by atoms with E-state index < -0.39 is 35.3 Å². The van der Waals surface area contributed by atoms with Gasteiger partial charge in [-0.3, -0.25) is 9.59 Å². The number of hydrogen-bond donors (Lipinski definition) is 4. The Bertz CT molecular complexity index is 2350. The van der Waals surface area contributed by atoms with Crippen molar-refractivity contribution in [3.05, 3.63) is 70.6 Å². The minimum Gasteiger partial charge on any atom is -0.453 e. The number of hydrogen-bond acceptors (Lipinski definition) is 8. The van der Waals surface area contributed by atoms with Crippen LogP contribution in [0.5, 0.6) is 0 Å². The molecule has 4 N–H and O–H groups in total. The maximum absolute atomic E-state index is 14.2. The molecule has 64 heavy (non-hydrogen) atoms. The van der Waals surface area contributed by atoms with Gasteiger partial charge in [-0.1, -0.05) is 52.0 Å². The van der Waals surface area contributed by atoms with Crippen LogP contribution in [0.25, 0.3) is 33.6 Å². The lowest BCUT2D eigenvalue weighted by atomic mass is 9.87. The van der Waals surface area contributed by atoms with Gasteiger partial charge in [0, 0.05) is 36.6 Å². The summed E-state index contributed by atoms with van der Waals surface area (Å²) in [5, 5.41) is 5.59. The molecule has 2 aliphatic heterocycles. The first-order valence-corrected chi connectivity index (χ1v) is 23.6. The number of ether oxygens (including phenoxy) is 2. The van der Waals surface area contributed by atoms with Gasteiger partial charge in [-0.05, 0) is 134 Å². The van der Waals surface area contributed by atoms with Crippen molar-refractivity contribution < 1.29 is 28.7 Å². The second-order valence-corrected chi connectivity index (χ2v) is 20.1. The lowest BCUT2D eigenvalue weighted by Crippen LogP contribution is -2.56. The zero-order chi connectivity index (χ0) is 44.7. The minimum absolute atomic E-state index is 0.0812.